The second-order valence-corrected chi connectivity index (χ2v) is 2.82. The molecule has 0 aliphatic carbocycles. The van der Waals surface area contributed by atoms with Crippen LogP contribution in [0.1, 0.15) is 19.3 Å². The van der Waals surface area contributed by atoms with E-state index in [-0.39, 0.29) is 0 Å². The van der Waals surface area contributed by atoms with Crippen molar-refractivity contribution in [3.63, 3.8) is 0 Å². The van der Waals surface area contributed by atoms with Gasteiger partial charge in [0.05, 0.1) is 6.07 Å². The molecule has 0 atom stereocenters. The molecule has 0 radical (unpaired) electrons. The summed E-state index contributed by atoms with van der Waals surface area (Å²) in [5, 5.41) is 8.23. The van der Waals surface area contributed by atoms with E-state index < -0.39 is 0 Å². The zero-order chi connectivity index (χ0) is 7.94. The first kappa shape index (κ1) is 8.29. The van der Waals surface area contributed by atoms with Gasteiger partial charge in [0.2, 0.25) is 0 Å². The van der Waals surface area contributed by atoms with E-state index in [9.17, 15) is 0 Å². The minimum atomic E-state index is 0.744. The van der Waals surface area contributed by atoms with E-state index in [0.717, 1.165) is 38.4 Å². The number of allylic oxidation sites excluding steroid dienone is 2. The highest BCUT2D eigenvalue weighted by atomic mass is 16.5. The quantitative estimate of drug-likeness (QED) is 0.564. The number of nitrogens with zero attached hydrogens (tertiary/aromatic N) is 1. The van der Waals surface area contributed by atoms with Gasteiger partial charge in [0.25, 0.3) is 0 Å². The fraction of sp³-hybridized carbons (Fsp3) is 0.667. The SMILES string of the molecule is N#C/C=C\CC1CCOCC1. The molecule has 0 spiro atoms. The highest BCUT2D eigenvalue weighted by Crippen LogP contribution is 2.18. The maximum absolute atomic E-state index is 8.23. The summed E-state index contributed by atoms with van der Waals surface area (Å²) in [6.07, 6.45) is 6.86. The molecule has 1 saturated heterocycles. The third-order valence-corrected chi connectivity index (χ3v) is 2.00. The van der Waals surface area contributed by atoms with Crippen molar-refractivity contribution in [1.82, 2.24) is 0 Å². The van der Waals surface area contributed by atoms with Crippen LogP contribution in [0.5, 0.6) is 0 Å². The molecule has 2 heteroatoms. The van der Waals surface area contributed by atoms with E-state index in [2.05, 4.69) is 0 Å². The number of rotatable bonds is 2. The van der Waals surface area contributed by atoms with Gasteiger partial charge < -0.3 is 4.74 Å². The molecule has 1 heterocycles. The van der Waals surface area contributed by atoms with Crippen LogP contribution in [0.2, 0.25) is 0 Å². The van der Waals surface area contributed by atoms with Crippen molar-refractivity contribution in [3.8, 4) is 6.07 Å². The summed E-state index contributed by atoms with van der Waals surface area (Å²) >= 11 is 0. The van der Waals surface area contributed by atoms with Gasteiger partial charge in [0.15, 0.2) is 0 Å². The van der Waals surface area contributed by atoms with Crippen molar-refractivity contribution in [3.05, 3.63) is 12.2 Å². The minimum absolute atomic E-state index is 0.744. The van der Waals surface area contributed by atoms with Gasteiger partial charge >= 0.3 is 0 Å². The first-order valence-corrected chi connectivity index (χ1v) is 4.06. The van der Waals surface area contributed by atoms with Crippen LogP contribution in [0, 0.1) is 17.2 Å². The topological polar surface area (TPSA) is 33.0 Å². The van der Waals surface area contributed by atoms with E-state index in [0.29, 0.717) is 0 Å². The normalized spacial score (nSPS) is 20.3. The smallest absolute Gasteiger partial charge is 0.0908 e. The molecule has 0 amide bonds. The minimum Gasteiger partial charge on any atom is -0.381 e. The van der Waals surface area contributed by atoms with E-state index in [4.69, 9.17) is 10.00 Å². The summed E-state index contributed by atoms with van der Waals surface area (Å²) < 4.78 is 5.22. The van der Waals surface area contributed by atoms with Crippen LogP contribution < -0.4 is 0 Å². The van der Waals surface area contributed by atoms with Gasteiger partial charge in [-0.05, 0) is 25.2 Å². The summed E-state index contributed by atoms with van der Waals surface area (Å²) in [5.41, 5.74) is 0. The lowest BCUT2D eigenvalue weighted by Crippen LogP contribution is -2.14. The first-order chi connectivity index (χ1) is 5.43. The summed E-state index contributed by atoms with van der Waals surface area (Å²) in [4.78, 5) is 0. The zero-order valence-corrected chi connectivity index (χ0v) is 6.62. The summed E-state index contributed by atoms with van der Waals surface area (Å²) in [6, 6.07) is 2.00. The van der Waals surface area contributed by atoms with Crippen molar-refractivity contribution in [2.45, 2.75) is 19.3 Å². The molecule has 0 saturated carbocycles. The van der Waals surface area contributed by atoms with Gasteiger partial charge in [0, 0.05) is 19.3 Å². The maximum atomic E-state index is 8.23. The Hall–Kier alpha value is -0.810. The Morgan fingerprint density at radius 2 is 2.18 bits per heavy atom. The zero-order valence-electron chi connectivity index (χ0n) is 6.62. The monoisotopic (exact) mass is 151 g/mol. The largest absolute Gasteiger partial charge is 0.381 e. The third kappa shape index (κ3) is 3.20. The Labute approximate surface area is 67.5 Å². The highest BCUT2D eigenvalue weighted by molar-refractivity contribution is 5.01. The number of ether oxygens (including phenoxy) is 1. The first-order valence-electron chi connectivity index (χ1n) is 4.06. The molecular weight excluding hydrogens is 138 g/mol. The van der Waals surface area contributed by atoms with Gasteiger partial charge in [0.1, 0.15) is 0 Å². The van der Waals surface area contributed by atoms with Crippen LogP contribution in [0.15, 0.2) is 12.2 Å². The predicted octanol–water partition coefficient (Wildman–Crippen LogP) is 1.88. The van der Waals surface area contributed by atoms with Gasteiger partial charge in [-0.3, -0.25) is 0 Å². The molecule has 1 aliphatic heterocycles. The van der Waals surface area contributed by atoms with Gasteiger partial charge in [-0.15, -0.1) is 0 Å². The average molecular weight is 151 g/mol. The Balaban J connectivity index is 2.15. The molecule has 0 aromatic rings. The van der Waals surface area contributed by atoms with Crippen molar-refractivity contribution in [2.24, 2.45) is 5.92 Å². The number of nitriles is 1. The number of hydrogen-bond acceptors (Lipinski definition) is 2. The molecule has 0 bridgehead atoms. The van der Waals surface area contributed by atoms with Crippen molar-refractivity contribution in [1.29, 1.82) is 5.26 Å². The third-order valence-electron chi connectivity index (χ3n) is 2.00. The van der Waals surface area contributed by atoms with Crippen LogP contribution in [0.25, 0.3) is 0 Å². The maximum Gasteiger partial charge on any atom is 0.0908 e. The van der Waals surface area contributed by atoms with E-state index in [1.165, 1.54) is 0 Å². The predicted molar refractivity (Wildman–Crippen MR) is 42.9 cm³/mol. The molecule has 1 fully saturated rings. The molecule has 2 nitrogen and oxygen atoms in total. The van der Waals surface area contributed by atoms with E-state index in [1.54, 1.807) is 6.08 Å². The second-order valence-electron chi connectivity index (χ2n) is 2.82. The lowest BCUT2D eigenvalue weighted by atomic mass is 9.96. The fourth-order valence-corrected chi connectivity index (χ4v) is 1.30. The lowest BCUT2D eigenvalue weighted by molar-refractivity contribution is 0.0673. The second kappa shape index (κ2) is 4.92. The molecule has 0 aromatic heterocycles. The van der Waals surface area contributed by atoms with Crippen LogP contribution in [0.3, 0.4) is 0 Å². The fourth-order valence-electron chi connectivity index (χ4n) is 1.30. The lowest BCUT2D eigenvalue weighted by Gasteiger charge is -2.20. The molecule has 1 rings (SSSR count). The average Bonchev–Trinajstić information content (AvgIpc) is 2.07. The number of hydrogen-bond donors (Lipinski definition) is 0. The molecule has 0 N–H and O–H groups in total. The van der Waals surface area contributed by atoms with Crippen molar-refractivity contribution >= 4 is 0 Å². The Bertz CT molecular complexity index is 163. The molecular formula is C9H13NO. The summed E-state index contributed by atoms with van der Waals surface area (Å²) in [7, 11) is 0. The Morgan fingerprint density at radius 3 is 2.82 bits per heavy atom. The Morgan fingerprint density at radius 1 is 1.45 bits per heavy atom. The van der Waals surface area contributed by atoms with Crippen molar-refractivity contribution in [2.75, 3.05) is 13.2 Å². The van der Waals surface area contributed by atoms with E-state index >= 15 is 0 Å². The molecule has 60 valence electrons. The van der Waals surface area contributed by atoms with Crippen molar-refractivity contribution < 1.29 is 4.74 Å². The summed E-state index contributed by atoms with van der Waals surface area (Å²) in [6.45, 7) is 1.79. The van der Waals surface area contributed by atoms with Gasteiger partial charge in [-0.1, -0.05) is 6.08 Å². The van der Waals surface area contributed by atoms with Gasteiger partial charge in [-0.25, -0.2) is 0 Å². The van der Waals surface area contributed by atoms with Gasteiger partial charge in [-0.2, -0.15) is 5.26 Å². The highest BCUT2D eigenvalue weighted by Gasteiger charge is 2.11. The van der Waals surface area contributed by atoms with Crippen LogP contribution >= 0.6 is 0 Å². The van der Waals surface area contributed by atoms with E-state index in [1.807, 2.05) is 12.1 Å². The Kier molecular flexibility index (Phi) is 3.71. The summed E-state index contributed by atoms with van der Waals surface area (Å²) in [5.74, 6) is 0.744. The molecule has 0 unspecified atom stereocenters. The molecule has 11 heavy (non-hydrogen) atoms. The standard InChI is InChI=1S/C9H13NO/c10-6-2-1-3-9-4-7-11-8-5-9/h1-2,9H,3-5,7-8H2/b2-1-. The van der Waals surface area contributed by atoms with Crippen LogP contribution in [-0.4, -0.2) is 13.2 Å². The molecule has 1 aliphatic rings. The van der Waals surface area contributed by atoms with Crippen LogP contribution in [0.4, 0.5) is 0 Å². The molecule has 0 aromatic carbocycles. The van der Waals surface area contributed by atoms with Crippen LogP contribution in [-0.2, 0) is 4.74 Å².